The van der Waals surface area contributed by atoms with Crippen LogP contribution in [0.1, 0.15) is 24.8 Å². The van der Waals surface area contributed by atoms with Crippen molar-refractivity contribution in [3.63, 3.8) is 0 Å². The van der Waals surface area contributed by atoms with Crippen LogP contribution in [0, 0.1) is 6.92 Å². The third kappa shape index (κ3) is 3.00. The second-order valence-corrected chi connectivity index (χ2v) is 6.76. The summed E-state index contributed by atoms with van der Waals surface area (Å²) in [6, 6.07) is 6.69. The highest BCUT2D eigenvalue weighted by Crippen LogP contribution is 2.25. The molecule has 0 amide bonds. The predicted molar refractivity (Wildman–Crippen MR) is 68.8 cm³/mol. The Kier molecular flexibility index (Phi) is 3.76. The third-order valence-corrected chi connectivity index (χ3v) is 5.10. The fraction of sp³-hybridized carbons (Fsp3) is 0.500. The molecule has 3 nitrogen and oxygen atoms in total. The predicted octanol–water partition coefficient (Wildman–Crippen LogP) is 2.43. The van der Waals surface area contributed by atoms with Crippen molar-refractivity contribution in [3.8, 4) is 0 Å². The zero-order valence-electron chi connectivity index (χ0n) is 9.69. The van der Waals surface area contributed by atoms with E-state index in [9.17, 15) is 8.42 Å². The summed E-state index contributed by atoms with van der Waals surface area (Å²) in [6.45, 7) is 1.93. The minimum absolute atomic E-state index is 0.0878. The summed E-state index contributed by atoms with van der Waals surface area (Å²) in [4.78, 5) is 0.305. The molecule has 1 aliphatic rings. The van der Waals surface area contributed by atoms with Crippen molar-refractivity contribution in [2.75, 3.05) is 0 Å². The maximum atomic E-state index is 12.1. The average Bonchev–Trinajstić information content (AvgIpc) is 2.64. The molecule has 17 heavy (non-hydrogen) atoms. The minimum atomic E-state index is -3.43. The van der Waals surface area contributed by atoms with Crippen molar-refractivity contribution >= 4 is 21.6 Å². The van der Waals surface area contributed by atoms with E-state index < -0.39 is 10.0 Å². The number of nitrogens with one attached hydrogen (secondary N) is 1. The van der Waals surface area contributed by atoms with Gasteiger partial charge in [-0.05, 0) is 31.9 Å². The number of hydrogen-bond donors (Lipinski definition) is 1. The van der Waals surface area contributed by atoms with Crippen molar-refractivity contribution < 1.29 is 8.42 Å². The maximum Gasteiger partial charge on any atom is 0.240 e. The SMILES string of the molecule is Cc1ccc(S(=O)(=O)N[C@@H]2CCC[C@H]2Cl)cc1. The number of benzene rings is 1. The van der Waals surface area contributed by atoms with Gasteiger partial charge in [0.25, 0.3) is 0 Å². The van der Waals surface area contributed by atoms with E-state index in [1.165, 1.54) is 0 Å². The van der Waals surface area contributed by atoms with Crippen LogP contribution in [0.5, 0.6) is 0 Å². The number of rotatable bonds is 3. The Hall–Kier alpha value is -0.580. The fourth-order valence-corrected chi connectivity index (χ4v) is 3.76. The number of sulfonamides is 1. The second-order valence-electron chi connectivity index (χ2n) is 4.49. The standard InChI is InChI=1S/C12H16ClNO2S/c1-9-5-7-10(8-6-9)17(15,16)14-12-4-2-3-11(12)13/h5-8,11-12,14H,2-4H2,1H3/t11-,12-/m1/s1. The van der Waals surface area contributed by atoms with Gasteiger partial charge in [-0.3, -0.25) is 0 Å². The van der Waals surface area contributed by atoms with E-state index in [2.05, 4.69) is 4.72 Å². The first kappa shape index (κ1) is 12.9. The van der Waals surface area contributed by atoms with E-state index in [1.54, 1.807) is 24.3 Å². The van der Waals surface area contributed by atoms with E-state index in [1.807, 2.05) is 6.92 Å². The lowest BCUT2D eigenvalue weighted by Crippen LogP contribution is -2.37. The van der Waals surface area contributed by atoms with Gasteiger partial charge >= 0.3 is 0 Å². The van der Waals surface area contributed by atoms with Gasteiger partial charge in [-0.15, -0.1) is 11.6 Å². The van der Waals surface area contributed by atoms with Crippen molar-refractivity contribution in [2.24, 2.45) is 0 Å². The molecule has 0 saturated heterocycles. The molecule has 0 aromatic heterocycles. The van der Waals surface area contributed by atoms with Gasteiger partial charge in [0, 0.05) is 11.4 Å². The van der Waals surface area contributed by atoms with Crippen LogP contribution in [0.3, 0.4) is 0 Å². The molecular formula is C12H16ClNO2S. The van der Waals surface area contributed by atoms with Crippen molar-refractivity contribution in [2.45, 2.75) is 42.5 Å². The molecule has 0 bridgehead atoms. The fourth-order valence-electron chi connectivity index (χ4n) is 2.03. The number of alkyl halides is 1. The van der Waals surface area contributed by atoms with Crippen LogP contribution in [0.25, 0.3) is 0 Å². The van der Waals surface area contributed by atoms with Gasteiger partial charge in [-0.2, -0.15) is 0 Å². The molecule has 1 N–H and O–H groups in total. The topological polar surface area (TPSA) is 46.2 Å². The normalized spacial score (nSPS) is 25.1. The van der Waals surface area contributed by atoms with Gasteiger partial charge in [-0.25, -0.2) is 13.1 Å². The van der Waals surface area contributed by atoms with Gasteiger partial charge < -0.3 is 0 Å². The van der Waals surface area contributed by atoms with Gasteiger partial charge in [-0.1, -0.05) is 24.1 Å². The van der Waals surface area contributed by atoms with Crippen LogP contribution < -0.4 is 4.72 Å². The highest BCUT2D eigenvalue weighted by molar-refractivity contribution is 7.89. The lowest BCUT2D eigenvalue weighted by Gasteiger charge is -2.16. The van der Waals surface area contributed by atoms with E-state index in [0.29, 0.717) is 4.90 Å². The summed E-state index contributed by atoms with van der Waals surface area (Å²) in [5.41, 5.74) is 1.04. The molecule has 1 aromatic carbocycles. The Morgan fingerprint density at radius 1 is 1.24 bits per heavy atom. The first-order valence-electron chi connectivity index (χ1n) is 5.72. The smallest absolute Gasteiger partial charge is 0.207 e. The molecular weight excluding hydrogens is 258 g/mol. The van der Waals surface area contributed by atoms with Crippen LogP contribution in [-0.4, -0.2) is 19.8 Å². The van der Waals surface area contributed by atoms with E-state index >= 15 is 0 Å². The Morgan fingerprint density at radius 2 is 1.88 bits per heavy atom. The molecule has 1 aromatic rings. The summed E-state index contributed by atoms with van der Waals surface area (Å²) in [7, 11) is -3.43. The summed E-state index contributed by atoms with van der Waals surface area (Å²) in [5, 5.41) is -0.0878. The highest BCUT2D eigenvalue weighted by atomic mass is 35.5. The molecule has 0 radical (unpaired) electrons. The molecule has 5 heteroatoms. The molecule has 0 unspecified atom stereocenters. The zero-order valence-corrected chi connectivity index (χ0v) is 11.3. The molecule has 1 fully saturated rings. The van der Waals surface area contributed by atoms with Crippen LogP contribution in [0.15, 0.2) is 29.2 Å². The highest BCUT2D eigenvalue weighted by Gasteiger charge is 2.29. The number of halogens is 1. The number of aryl methyl sites for hydroxylation is 1. The van der Waals surface area contributed by atoms with Gasteiger partial charge in [0.2, 0.25) is 10.0 Å². The Labute approximate surface area is 107 Å². The minimum Gasteiger partial charge on any atom is -0.207 e. The van der Waals surface area contributed by atoms with Crippen molar-refractivity contribution in [1.29, 1.82) is 0 Å². The molecule has 1 aliphatic carbocycles. The van der Waals surface area contributed by atoms with Crippen molar-refractivity contribution in [1.82, 2.24) is 4.72 Å². The maximum absolute atomic E-state index is 12.1. The van der Waals surface area contributed by atoms with Crippen LogP contribution in [-0.2, 0) is 10.0 Å². The van der Waals surface area contributed by atoms with E-state index in [-0.39, 0.29) is 11.4 Å². The average molecular weight is 274 g/mol. The van der Waals surface area contributed by atoms with Crippen molar-refractivity contribution in [3.05, 3.63) is 29.8 Å². The van der Waals surface area contributed by atoms with Gasteiger partial charge in [0.1, 0.15) is 0 Å². The van der Waals surface area contributed by atoms with Gasteiger partial charge in [0.15, 0.2) is 0 Å². The summed E-state index contributed by atoms with van der Waals surface area (Å²) < 4.78 is 26.8. The second kappa shape index (κ2) is 4.96. The van der Waals surface area contributed by atoms with Gasteiger partial charge in [0.05, 0.1) is 4.90 Å². The molecule has 2 atom stereocenters. The molecule has 1 saturated carbocycles. The van der Waals surface area contributed by atoms with E-state index in [4.69, 9.17) is 11.6 Å². The molecule has 94 valence electrons. The molecule has 0 heterocycles. The molecule has 0 aliphatic heterocycles. The Bertz CT molecular complexity index is 484. The first-order valence-corrected chi connectivity index (χ1v) is 7.64. The molecule has 0 spiro atoms. The summed E-state index contributed by atoms with van der Waals surface area (Å²) in [6.07, 6.45) is 2.68. The first-order chi connectivity index (χ1) is 7.99. The Morgan fingerprint density at radius 3 is 2.41 bits per heavy atom. The monoisotopic (exact) mass is 273 g/mol. The summed E-state index contributed by atoms with van der Waals surface area (Å²) in [5.74, 6) is 0. The molecule has 2 rings (SSSR count). The summed E-state index contributed by atoms with van der Waals surface area (Å²) >= 11 is 6.07. The Balaban J connectivity index is 2.16. The third-order valence-electron chi connectivity index (χ3n) is 3.07. The van der Waals surface area contributed by atoms with Crippen LogP contribution in [0.2, 0.25) is 0 Å². The lowest BCUT2D eigenvalue weighted by atomic mass is 10.2. The largest absolute Gasteiger partial charge is 0.240 e. The zero-order chi connectivity index (χ0) is 12.5. The van der Waals surface area contributed by atoms with Crippen LogP contribution in [0.4, 0.5) is 0 Å². The lowest BCUT2D eigenvalue weighted by molar-refractivity contribution is 0.554. The van der Waals surface area contributed by atoms with E-state index in [0.717, 1.165) is 24.8 Å². The van der Waals surface area contributed by atoms with Crippen LogP contribution >= 0.6 is 11.6 Å². The quantitative estimate of drug-likeness (QED) is 0.860. The number of hydrogen-bond acceptors (Lipinski definition) is 2.